The van der Waals surface area contributed by atoms with Crippen molar-refractivity contribution < 1.29 is 14.6 Å². The van der Waals surface area contributed by atoms with Crippen LogP contribution in [0.5, 0.6) is 5.75 Å². The van der Waals surface area contributed by atoms with Gasteiger partial charge in [0.15, 0.2) is 0 Å². The summed E-state index contributed by atoms with van der Waals surface area (Å²) in [7, 11) is 1.63. The summed E-state index contributed by atoms with van der Waals surface area (Å²) >= 11 is 0. The molecule has 0 unspecified atom stereocenters. The summed E-state index contributed by atoms with van der Waals surface area (Å²) < 4.78 is 7.35. The highest BCUT2D eigenvalue weighted by atomic mass is 16.5. The number of nitriles is 1. The second-order valence-electron chi connectivity index (χ2n) is 6.53. The number of carboxylic acid groups (broad SMARTS) is 1. The van der Waals surface area contributed by atoms with Crippen LogP contribution in [0, 0.1) is 11.3 Å². The lowest BCUT2D eigenvalue weighted by molar-refractivity contribution is 0.0687. The van der Waals surface area contributed by atoms with E-state index in [1.165, 1.54) is 4.57 Å². The standard InChI is InChI=1S/C22H20N2O3/c1-14(2)27-19-7-5-4-6-18(19)15-8-10-16(11-9-15)20-17(12-23)13-24(3)21(20)22(25)26/h4-11,13-14H,1-3H3,(H,25,26). The Labute approximate surface area is 158 Å². The van der Waals surface area contributed by atoms with Gasteiger partial charge >= 0.3 is 5.97 Å². The van der Waals surface area contributed by atoms with Crippen molar-refractivity contribution in [2.45, 2.75) is 20.0 Å². The van der Waals surface area contributed by atoms with Gasteiger partial charge in [0, 0.05) is 24.4 Å². The number of nitrogens with zero attached hydrogens (tertiary/aromatic N) is 2. The summed E-state index contributed by atoms with van der Waals surface area (Å²) in [5.74, 6) is -0.266. The van der Waals surface area contributed by atoms with Crippen molar-refractivity contribution in [3.63, 3.8) is 0 Å². The highest BCUT2D eigenvalue weighted by molar-refractivity contribution is 5.97. The molecule has 0 atom stereocenters. The molecule has 3 rings (SSSR count). The zero-order valence-corrected chi connectivity index (χ0v) is 15.4. The van der Waals surface area contributed by atoms with Gasteiger partial charge in [-0.1, -0.05) is 42.5 Å². The number of hydrogen-bond acceptors (Lipinski definition) is 3. The van der Waals surface area contributed by atoms with Gasteiger partial charge in [0.25, 0.3) is 0 Å². The Morgan fingerprint density at radius 1 is 1.11 bits per heavy atom. The van der Waals surface area contributed by atoms with Crippen LogP contribution in [0.4, 0.5) is 0 Å². The first-order valence-corrected chi connectivity index (χ1v) is 8.61. The third-order valence-corrected chi connectivity index (χ3v) is 4.24. The topological polar surface area (TPSA) is 75.2 Å². The molecule has 0 amide bonds. The van der Waals surface area contributed by atoms with Crippen molar-refractivity contribution in [1.82, 2.24) is 4.57 Å². The zero-order valence-electron chi connectivity index (χ0n) is 15.4. The van der Waals surface area contributed by atoms with Gasteiger partial charge < -0.3 is 14.4 Å². The molecule has 0 radical (unpaired) electrons. The highest BCUT2D eigenvalue weighted by Crippen LogP contribution is 2.34. The number of aryl methyl sites for hydroxylation is 1. The molecule has 1 heterocycles. The predicted molar refractivity (Wildman–Crippen MR) is 104 cm³/mol. The summed E-state index contributed by atoms with van der Waals surface area (Å²) in [6, 6.07) is 17.4. The fourth-order valence-corrected chi connectivity index (χ4v) is 3.14. The monoisotopic (exact) mass is 360 g/mol. The van der Waals surface area contributed by atoms with Gasteiger partial charge in [-0.15, -0.1) is 0 Å². The fraction of sp³-hybridized carbons (Fsp3) is 0.182. The molecule has 0 saturated carbocycles. The van der Waals surface area contributed by atoms with Gasteiger partial charge in [-0.2, -0.15) is 5.26 Å². The molecule has 0 spiro atoms. The number of carboxylic acids is 1. The van der Waals surface area contributed by atoms with Crippen LogP contribution in [0.15, 0.2) is 54.7 Å². The normalized spacial score (nSPS) is 10.6. The number of hydrogen-bond donors (Lipinski definition) is 1. The molecule has 0 aliphatic rings. The van der Waals surface area contributed by atoms with Crippen LogP contribution in [-0.2, 0) is 7.05 Å². The van der Waals surface area contributed by atoms with Crippen LogP contribution in [0.1, 0.15) is 29.9 Å². The Kier molecular flexibility index (Phi) is 5.00. The van der Waals surface area contributed by atoms with E-state index >= 15 is 0 Å². The van der Waals surface area contributed by atoms with Gasteiger partial charge in [0.05, 0.1) is 11.7 Å². The second-order valence-corrected chi connectivity index (χ2v) is 6.53. The molecule has 2 aromatic carbocycles. The third-order valence-electron chi connectivity index (χ3n) is 4.24. The first kappa shape index (κ1) is 18.3. The molecule has 1 N–H and O–H groups in total. The minimum absolute atomic E-state index is 0.0612. The average Bonchev–Trinajstić information content (AvgIpc) is 2.98. The Hall–Kier alpha value is -3.52. The summed E-state index contributed by atoms with van der Waals surface area (Å²) in [5, 5.41) is 18.9. The molecule has 3 aromatic rings. The lowest BCUT2D eigenvalue weighted by Crippen LogP contribution is -2.06. The maximum atomic E-state index is 11.6. The summed E-state index contributed by atoms with van der Waals surface area (Å²) in [6.07, 6.45) is 1.60. The smallest absolute Gasteiger partial charge is 0.353 e. The lowest BCUT2D eigenvalue weighted by atomic mass is 9.97. The molecular weight excluding hydrogens is 340 g/mol. The quantitative estimate of drug-likeness (QED) is 0.714. The van der Waals surface area contributed by atoms with Gasteiger partial charge in [0.1, 0.15) is 17.5 Å². The number of aromatic carboxylic acids is 1. The maximum Gasteiger partial charge on any atom is 0.353 e. The predicted octanol–water partition coefficient (Wildman–Crippen LogP) is 4.72. The van der Waals surface area contributed by atoms with Crippen LogP contribution in [0.25, 0.3) is 22.3 Å². The number of aromatic nitrogens is 1. The first-order chi connectivity index (χ1) is 12.9. The van der Waals surface area contributed by atoms with Crippen molar-refractivity contribution in [3.8, 4) is 34.1 Å². The molecule has 0 aliphatic carbocycles. The number of ether oxygens (including phenoxy) is 1. The van der Waals surface area contributed by atoms with E-state index in [1.54, 1.807) is 13.2 Å². The molecular formula is C22H20N2O3. The van der Waals surface area contributed by atoms with E-state index in [0.717, 1.165) is 16.9 Å². The molecule has 27 heavy (non-hydrogen) atoms. The van der Waals surface area contributed by atoms with Gasteiger partial charge in [-0.05, 0) is 31.0 Å². The summed E-state index contributed by atoms with van der Waals surface area (Å²) in [4.78, 5) is 11.6. The Morgan fingerprint density at radius 3 is 2.33 bits per heavy atom. The Balaban J connectivity index is 2.06. The van der Waals surface area contributed by atoms with Crippen molar-refractivity contribution >= 4 is 5.97 Å². The highest BCUT2D eigenvalue weighted by Gasteiger charge is 2.21. The average molecular weight is 360 g/mol. The van der Waals surface area contributed by atoms with Crippen LogP contribution in [0.2, 0.25) is 0 Å². The molecule has 5 nitrogen and oxygen atoms in total. The van der Waals surface area contributed by atoms with E-state index < -0.39 is 5.97 Å². The van der Waals surface area contributed by atoms with Crippen molar-refractivity contribution in [2.24, 2.45) is 7.05 Å². The van der Waals surface area contributed by atoms with Gasteiger partial charge in [0.2, 0.25) is 0 Å². The summed E-state index contributed by atoms with van der Waals surface area (Å²) in [6.45, 7) is 3.96. The van der Waals surface area contributed by atoms with Crippen LogP contribution >= 0.6 is 0 Å². The number of rotatable bonds is 5. The van der Waals surface area contributed by atoms with Crippen molar-refractivity contribution in [1.29, 1.82) is 5.26 Å². The Morgan fingerprint density at radius 2 is 1.74 bits per heavy atom. The van der Waals surface area contributed by atoms with E-state index in [0.29, 0.717) is 16.7 Å². The fourth-order valence-electron chi connectivity index (χ4n) is 3.14. The number of benzene rings is 2. The maximum absolute atomic E-state index is 11.6. The Bertz CT molecular complexity index is 1020. The van der Waals surface area contributed by atoms with Gasteiger partial charge in [-0.3, -0.25) is 0 Å². The van der Waals surface area contributed by atoms with Crippen LogP contribution < -0.4 is 4.74 Å². The minimum Gasteiger partial charge on any atom is -0.490 e. The van der Waals surface area contributed by atoms with Gasteiger partial charge in [-0.25, -0.2) is 4.79 Å². The minimum atomic E-state index is -1.06. The molecule has 0 bridgehead atoms. The molecule has 0 saturated heterocycles. The molecule has 5 heteroatoms. The van der Waals surface area contributed by atoms with E-state index in [-0.39, 0.29) is 11.8 Å². The SMILES string of the molecule is CC(C)Oc1ccccc1-c1ccc(-c2c(C#N)cn(C)c2C(=O)O)cc1. The van der Waals surface area contributed by atoms with E-state index in [9.17, 15) is 15.2 Å². The molecule has 136 valence electrons. The summed E-state index contributed by atoms with van der Waals surface area (Å²) in [5.41, 5.74) is 3.49. The van der Waals surface area contributed by atoms with Crippen molar-refractivity contribution in [3.05, 3.63) is 66.0 Å². The largest absolute Gasteiger partial charge is 0.490 e. The molecule has 1 aromatic heterocycles. The zero-order chi connectivity index (χ0) is 19.6. The molecule has 0 fully saturated rings. The number of carbonyl (C=O) groups is 1. The van der Waals surface area contributed by atoms with Crippen molar-refractivity contribution in [2.75, 3.05) is 0 Å². The third kappa shape index (κ3) is 3.56. The first-order valence-electron chi connectivity index (χ1n) is 8.61. The second kappa shape index (κ2) is 7.38. The van der Waals surface area contributed by atoms with Crippen LogP contribution in [-0.4, -0.2) is 21.7 Å². The number of para-hydroxylation sites is 1. The lowest BCUT2D eigenvalue weighted by Gasteiger charge is -2.14. The van der Waals surface area contributed by atoms with E-state index in [4.69, 9.17) is 4.74 Å². The van der Waals surface area contributed by atoms with Crippen LogP contribution in [0.3, 0.4) is 0 Å². The van der Waals surface area contributed by atoms with E-state index in [1.807, 2.05) is 62.4 Å². The molecule has 0 aliphatic heterocycles. The van der Waals surface area contributed by atoms with E-state index in [2.05, 4.69) is 6.07 Å².